The van der Waals surface area contributed by atoms with Gasteiger partial charge in [0.05, 0.1) is 10.0 Å². The van der Waals surface area contributed by atoms with Gasteiger partial charge in [0.1, 0.15) is 0 Å². The average Bonchev–Trinajstić information content (AvgIpc) is 2.26. The zero-order valence-corrected chi connectivity index (χ0v) is 10.3. The second-order valence-electron chi connectivity index (χ2n) is 3.65. The van der Waals surface area contributed by atoms with Gasteiger partial charge in [-0.25, -0.2) is 0 Å². The molecule has 0 aromatic heterocycles. The average molecular weight is 252 g/mol. The van der Waals surface area contributed by atoms with Gasteiger partial charge in [-0.2, -0.15) is 0 Å². The van der Waals surface area contributed by atoms with Crippen LogP contribution in [0.15, 0.2) is 36.4 Å². The molecule has 2 rings (SSSR count). The molecular formula is C13H11Cl2N. The lowest BCUT2D eigenvalue weighted by Crippen LogP contribution is -1.91. The number of halogens is 2. The van der Waals surface area contributed by atoms with Crippen LogP contribution in [0.1, 0.15) is 5.56 Å². The lowest BCUT2D eigenvalue weighted by Gasteiger charge is -2.09. The molecule has 16 heavy (non-hydrogen) atoms. The van der Waals surface area contributed by atoms with Gasteiger partial charge in [0.25, 0.3) is 0 Å². The highest BCUT2D eigenvalue weighted by atomic mass is 35.5. The van der Waals surface area contributed by atoms with Gasteiger partial charge in [-0.05, 0) is 41.8 Å². The van der Waals surface area contributed by atoms with Crippen molar-refractivity contribution in [1.29, 1.82) is 0 Å². The van der Waals surface area contributed by atoms with Crippen molar-refractivity contribution in [1.82, 2.24) is 0 Å². The molecule has 2 aromatic rings. The third-order valence-corrected chi connectivity index (χ3v) is 3.35. The van der Waals surface area contributed by atoms with E-state index in [-0.39, 0.29) is 0 Å². The van der Waals surface area contributed by atoms with Crippen LogP contribution in [-0.2, 0) is 0 Å². The van der Waals surface area contributed by atoms with Gasteiger partial charge in [0.2, 0.25) is 0 Å². The number of anilines is 1. The van der Waals surface area contributed by atoms with Gasteiger partial charge in [0, 0.05) is 5.69 Å². The summed E-state index contributed by atoms with van der Waals surface area (Å²) in [6.07, 6.45) is 0. The smallest absolute Gasteiger partial charge is 0.0598 e. The molecule has 0 saturated heterocycles. The highest BCUT2D eigenvalue weighted by Crippen LogP contribution is 2.31. The molecule has 3 heteroatoms. The van der Waals surface area contributed by atoms with Crippen LogP contribution in [0, 0.1) is 6.92 Å². The van der Waals surface area contributed by atoms with Crippen molar-refractivity contribution in [3.8, 4) is 11.1 Å². The Morgan fingerprint density at radius 1 is 1.00 bits per heavy atom. The maximum absolute atomic E-state index is 5.99. The maximum Gasteiger partial charge on any atom is 0.0598 e. The third-order valence-electron chi connectivity index (χ3n) is 2.61. The molecule has 1 nitrogen and oxygen atoms in total. The van der Waals surface area contributed by atoms with E-state index in [0.29, 0.717) is 10.0 Å². The van der Waals surface area contributed by atoms with Crippen molar-refractivity contribution in [3.63, 3.8) is 0 Å². The summed E-state index contributed by atoms with van der Waals surface area (Å²) in [5.41, 5.74) is 9.81. The second kappa shape index (κ2) is 4.36. The minimum atomic E-state index is 0.556. The van der Waals surface area contributed by atoms with Crippen LogP contribution in [0.3, 0.4) is 0 Å². The molecule has 0 bridgehead atoms. The molecule has 0 atom stereocenters. The summed E-state index contributed by atoms with van der Waals surface area (Å²) in [7, 11) is 0. The Bertz CT molecular complexity index is 535. The number of hydrogen-bond donors (Lipinski definition) is 1. The molecule has 2 N–H and O–H groups in total. The van der Waals surface area contributed by atoms with Crippen LogP contribution in [-0.4, -0.2) is 0 Å². The van der Waals surface area contributed by atoms with Crippen LogP contribution >= 0.6 is 23.2 Å². The van der Waals surface area contributed by atoms with E-state index in [2.05, 4.69) is 0 Å². The predicted molar refractivity (Wildman–Crippen MR) is 71.0 cm³/mol. The lowest BCUT2D eigenvalue weighted by molar-refractivity contribution is 1.46. The monoisotopic (exact) mass is 251 g/mol. The fourth-order valence-corrected chi connectivity index (χ4v) is 1.93. The first kappa shape index (κ1) is 11.3. The zero-order chi connectivity index (χ0) is 11.7. The summed E-state index contributed by atoms with van der Waals surface area (Å²) in [5, 5.41) is 1.12. The van der Waals surface area contributed by atoms with E-state index < -0.39 is 0 Å². The van der Waals surface area contributed by atoms with Gasteiger partial charge < -0.3 is 5.73 Å². The van der Waals surface area contributed by atoms with E-state index >= 15 is 0 Å². The quantitative estimate of drug-likeness (QED) is 0.740. The summed E-state index contributed by atoms with van der Waals surface area (Å²) in [5.74, 6) is 0. The first-order chi connectivity index (χ1) is 7.59. The Morgan fingerprint density at radius 3 is 2.44 bits per heavy atom. The van der Waals surface area contributed by atoms with E-state index in [0.717, 1.165) is 22.4 Å². The second-order valence-corrected chi connectivity index (χ2v) is 4.46. The molecule has 0 spiro atoms. The van der Waals surface area contributed by atoms with Crippen molar-refractivity contribution in [2.24, 2.45) is 0 Å². The molecule has 0 radical (unpaired) electrons. The van der Waals surface area contributed by atoms with Crippen LogP contribution < -0.4 is 5.73 Å². The van der Waals surface area contributed by atoms with Crippen LogP contribution in [0.4, 0.5) is 5.69 Å². The molecule has 2 aromatic carbocycles. The molecule has 0 aliphatic heterocycles. The SMILES string of the molecule is Cc1c(N)cccc1-c1ccc(Cl)c(Cl)c1. The Hall–Kier alpha value is -1.18. The molecule has 0 aliphatic carbocycles. The number of benzene rings is 2. The molecule has 0 fully saturated rings. The van der Waals surface area contributed by atoms with E-state index in [1.54, 1.807) is 6.07 Å². The molecule has 0 unspecified atom stereocenters. The van der Waals surface area contributed by atoms with E-state index in [4.69, 9.17) is 28.9 Å². The van der Waals surface area contributed by atoms with Gasteiger partial charge >= 0.3 is 0 Å². The fourth-order valence-electron chi connectivity index (χ4n) is 1.63. The van der Waals surface area contributed by atoms with Crippen molar-refractivity contribution < 1.29 is 0 Å². The molecule has 0 heterocycles. The van der Waals surface area contributed by atoms with Crippen molar-refractivity contribution in [2.75, 3.05) is 5.73 Å². The molecular weight excluding hydrogens is 241 g/mol. The van der Waals surface area contributed by atoms with E-state index in [9.17, 15) is 0 Å². The Balaban J connectivity index is 2.59. The van der Waals surface area contributed by atoms with Crippen LogP contribution in [0.2, 0.25) is 10.0 Å². The summed E-state index contributed by atoms with van der Waals surface area (Å²) in [6, 6.07) is 11.4. The van der Waals surface area contributed by atoms with Gasteiger partial charge in [-0.15, -0.1) is 0 Å². The standard InChI is InChI=1S/C13H11Cl2N/c1-8-10(3-2-4-13(8)16)9-5-6-11(14)12(15)7-9/h2-7H,16H2,1H3. The van der Waals surface area contributed by atoms with Gasteiger partial charge in [-0.1, -0.05) is 41.4 Å². The first-order valence-electron chi connectivity index (χ1n) is 4.90. The number of hydrogen-bond acceptors (Lipinski definition) is 1. The van der Waals surface area contributed by atoms with Crippen molar-refractivity contribution in [3.05, 3.63) is 52.0 Å². The summed E-state index contributed by atoms with van der Waals surface area (Å²) < 4.78 is 0. The lowest BCUT2D eigenvalue weighted by atomic mass is 9.99. The minimum absolute atomic E-state index is 0.556. The molecule has 0 saturated carbocycles. The van der Waals surface area contributed by atoms with E-state index in [1.165, 1.54) is 0 Å². The summed E-state index contributed by atoms with van der Waals surface area (Å²) >= 11 is 11.9. The Kier molecular flexibility index (Phi) is 3.08. The largest absolute Gasteiger partial charge is 0.398 e. The number of nitrogens with two attached hydrogens (primary N) is 1. The highest BCUT2D eigenvalue weighted by Gasteiger charge is 2.06. The van der Waals surface area contributed by atoms with Crippen LogP contribution in [0.25, 0.3) is 11.1 Å². The van der Waals surface area contributed by atoms with Gasteiger partial charge in [-0.3, -0.25) is 0 Å². The maximum atomic E-state index is 5.99. The summed E-state index contributed by atoms with van der Waals surface area (Å²) in [4.78, 5) is 0. The first-order valence-corrected chi connectivity index (χ1v) is 5.65. The number of nitrogen functional groups attached to an aromatic ring is 1. The number of rotatable bonds is 1. The Morgan fingerprint density at radius 2 is 1.75 bits per heavy atom. The normalized spacial score (nSPS) is 10.4. The molecule has 0 amide bonds. The zero-order valence-electron chi connectivity index (χ0n) is 8.80. The predicted octanol–water partition coefficient (Wildman–Crippen LogP) is 4.55. The Labute approximate surface area is 105 Å². The van der Waals surface area contributed by atoms with Crippen molar-refractivity contribution in [2.45, 2.75) is 6.92 Å². The third kappa shape index (κ3) is 2.01. The molecule has 0 aliphatic rings. The van der Waals surface area contributed by atoms with Gasteiger partial charge in [0.15, 0.2) is 0 Å². The topological polar surface area (TPSA) is 26.0 Å². The van der Waals surface area contributed by atoms with Crippen molar-refractivity contribution >= 4 is 28.9 Å². The van der Waals surface area contributed by atoms with Crippen LogP contribution in [0.5, 0.6) is 0 Å². The minimum Gasteiger partial charge on any atom is -0.398 e. The fraction of sp³-hybridized carbons (Fsp3) is 0.0769. The summed E-state index contributed by atoms with van der Waals surface area (Å²) in [6.45, 7) is 1.99. The van der Waals surface area contributed by atoms with E-state index in [1.807, 2.05) is 37.3 Å². The molecule has 82 valence electrons. The highest BCUT2D eigenvalue weighted by molar-refractivity contribution is 6.42.